The monoisotopic (exact) mass is 248 g/mol. The number of carbonyl (C=O) groups is 1. The summed E-state index contributed by atoms with van der Waals surface area (Å²) in [5.41, 5.74) is 1.99. The van der Waals surface area contributed by atoms with E-state index < -0.39 is 5.97 Å². The van der Waals surface area contributed by atoms with Crippen LogP contribution in [0, 0.1) is 5.92 Å². The van der Waals surface area contributed by atoms with Gasteiger partial charge in [-0.2, -0.15) is 0 Å². The van der Waals surface area contributed by atoms with Crippen LogP contribution in [0.3, 0.4) is 0 Å². The van der Waals surface area contributed by atoms with Crippen LogP contribution < -0.4 is 4.74 Å². The van der Waals surface area contributed by atoms with Gasteiger partial charge in [0.05, 0.1) is 13.0 Å². The summed E-state index contributed by atoms with van der Waals surface area (Å²) in [4.78, 5) is 10.5. The maximum Gasteiger partial charge on any atom is 0.307 e. The van der Waals surface area contributed by atoms with Crippen molar-refractivity contribution in [3.8, 4) is 5.75 Å². The number of aliphatic carboxylic acids is 1. The lowest BCUT2D eigenvalue weighted by atomic mass is 10.1. The molecule has 0 radical (unpaired) electrons. The molecule has 0 saturated carbocycles. The molecule has 0 amide bonds. The Hall–Kier alpha value is -1.77. The first-order chi connectivity index (χ1) is 8.49. The van der Waals surface area contributed by atoms with E-state index in [1.807, 2.05) is 31.2 Å². The summed E-state index contributed by atoms with van der Waals surface area (Å²) in [6.07, 6.45) is 1.77. The van der Waals surface area contributed by atoms with Gasteiger partial charge in [-0.1, -0.05) is 32.1 Å². The highest BCUT2D eigenvalue weighted by Gasteiger charge is 2.00. The van der Waals surface area contributed by atoms with E-state index in [4.69, 9.17) is 9.84 Å². The number of allylic oxidation sites excluding steroid dienone is 1. The Morgan fingerprint density at radius 1 is 1.33 bits per heavy atom. The number of hydrogen-bond donors (Lipinski definition) is 1. The number of hydrogen-bond acceptors (Lipinski definition) is 2. The third-order valence-electron chi connectivity index (χ3n) is 2.48. The Morgan fingerprint density at radius 3 is 2.44 bits per heavy atom. The van der Waals surface area contributed by atoms with E-state index in [1.165, 1.54) is 0 Å². The van der Waals surface area contributed by atoms with Gasteiger partial charge in [-0.15, -0.1) is 0 Å². The molecule has 1 N–H and O–H groups in total. The Labute approximate surface area is 108 Å². The number of rotatable bonds is 6. The van der Waals surface area contributed by atoms with Crippen LogP contribution in [0.1, 0.15) is 32.8 Å². The maximum atomic E-state index is 10.5. The van der Waals surface area contributed by atoms with Crippen LogP contribution in [0.5, 0.6) is 5.75 Å². The van der Waals surface area contributed by atoms with Crippen LogP contribution in [-0.4, -0.2) is 17.7 Å². The maximum absolute atomic E-state index is 10.5. The Bertz CT molecular complexity index is 416. The molecule has 3 heteroatoms. The number of carboxylic acid groups (broad SMARTS) is 1. The number of carboxylic acids is 1. The van der Waals surface area contributed by atoms with Gasteiger partial charge in [0.1, 0.15) is 5.75 Å². The highest BCUT2D eigenvalue weighted by atomic mass is 16.5. The smallest absolute Gasteiger partial charge is 0.307 e. The van der Waals surface area contributed by atoms with Crippen LogP contribution in [0.15, 0.2) is 30.3 Å². The second-order valence-corrected chi connectivity index (χ2v) is 4.71. The first kappa shape index (κ1) is 14.3. The van der Waals surface area contributed by atoms with E-state index in [0.29, 0.717) is 12.5 Å². The molecule has 0 aliphatic rings. The number of ether oxygens (including phenoxy) is 1. The summed E-state index contributed by atoms with van der Waals surface area (Å²) in [7, 11) is 0. The summed E-state index contributed by atoms with van der Waals surface area (Å²) in [5.74, 6) is 0.534. The van der Waals surface area contributed by atoms with E-state index in [1.54, 1.807) is 6.08 Å². The zero-order valence-corrected chi connectivity index (χ0v) is 11.1. The van der Waals surface area contributed by atoms with Gasteiger partial charge >= 0.3 is 5.97 Å². The molecule has 1 aromatic rings. The molecule has 3 nitrogen and oxygen atoms in total. The molecule has 18 heavy (non-hydrogen) atoms. The fourth-order valence-electron chi connectivity index (χ4n) is 1.44. The molecule has 1 rings (SSSR count). The molecule has 0 atom stereocenters. The van der Waals surface area contributed by atoms with Gasteiger partial charge in [0.2, 0.25) is 0 Å². The summed E-state index contributed by atoms with van der Waals surface area (Å²) in [5, 5.41) is 8.61. The van der Waals surface area contributed by atoms with Gasteiger partial charge in [0.15, 0.2) is 0 Å². The normalized spacial score (nSPS) is 11.7. The van der Waals surface area contributed by atoms with E-state index >= 15 is 0 Å². The quantitative estimate of drug-likeness (QED) is 0.836. The predicted molar refractivity (Wildman–Crippen MR) is 72.7 cm³/mol. The minimum absolute atomic E-state index is 0.0530. The van der Waals surface area contributed by atoms with Gasteiger partial charge in [0, 0.05) is 0 Å². The first-order valence-corrected chi connectivity index (χ1v) is 6.11. The van der Waals surface area contributed by atoms with E-state index in [2.05, 4.69) is 13.8 Å². The molecule has 0 unspecified atom stereocenters. The number of benzene rings is 1. The third kappa shape index (κ3) is 5.04. The molecule has 0 aliphatic carbocycles. The van der Waals surface area contributed by atoms with Crippen LogP contribution in [0.25, 0.3) is 5.57 Å². The van der Waals surface area contributed by atoms with Crippen molar-refractivity contribution in [2.45, 2.75) is 27.2 Å². The second-order valence-electron chi connectivity index (χ2n) is 4.71. The van der Waals surface area contributed by atoms with Crippen molar-refractivity contribution < 1.29 is 14.6 Å². The molecular weight excluding hydrogens is 228 g/mol. The first-order valence-electron chi connectivity index (χ1n) is 6.11. The highest BCUT2D eigenvalue weighted by molar-refractivity contribution is 5.73. The van der Waals surface area contributed by atoms with Crippen molar-refractivity contribution in [2.24, 2.45) is 5.92 Å². The van der Waals surface area contributed by atoms with Gasteiger partial charge in [-0.25, -0.2) is 0 Å². The molecule has 0 aliphatic heterocycles. The lowest BCUT2D eigenvalue weighted by Gasteiger charge is -2.09. The summed E-state index contributed by atoms with van der Waals surface area (Å²) < 4.78 is 5.59. The molecule has 0 saturated heterocycles. The van der Waals surface area contributed by atoms with E-state index in [9.17, 15) is 4.79 Å². The largest absolute Gasteiger partial charge is 0.493 e. The average molecular weight is 248 g/mol. The molecule has 0 bridgehead atoms. The predicted octanol–water partition coefficient (Wildman–Crippen LogP) is 3.60. The molecule has 0 aromatic heterocycles. The molecule has 1 aromatic carbocycles. The van der Waals surface area contributed by atoms with Crippen molar-refractivity contribution in [1.82, 2.24) is 0 Å². The van der Waals surface area contributed by atoms with E-state index in [0.717, 1.165) is 16.9 Å². The van der Waals surface area contributed by atoms with Crippen LogP contribution >= 0.6 is 0 Å². The molecular formula is C15H20O3. The van der Waals surface area contributed by atoms with Gasteiger partial charge in [-0.3, -0.25) is 4.79 Å². The van der Waals surface area contributed by atoms with E-state index in [-0.39, 0.29) is 6.42 Å². The van der Waals surface area contributed by atoms with Crippen molar-refractivity contribution in [1.29, 1.82) is 0 Å². The van der Waals surface area contributed by atoms with Crippen molar-refractivity contribution in [2.75, 3.05) is 6.61 Å². The fraction of sp³-hybridized carbons (Fsp3) is 0.400. The van der Waals surface area contributed by atoms with Gasteiger partial charge in [-0.05, 0) is 36.1 Å². The molecule has 0 fully saturated rings. The lowest BCUT2D eigenvalue weighted by molar-refractivity contribution is -0.135. The third-order valence-corrected chi connectivity index (χ3v) is 2.48. The fourth-order valence-corrected chi connectivity index (χ4v) is 1.44. The Balaban J connectivity index is 2.64. The zero-order chi connectivity index (χ0) is 13.5. The van der Waals surface area contributed by atoms with Gasteiger partial charge in [0.25, 0.3) is 0 Å². The Morgan fingerprint density at radius 2 is 1.94 bits per heavy atom. The minimum Gasteiger partial charge on any atom is -0.493 e. The zero-order valence-electron chi connectivity index (χ0n) is 11.1. The molecule has 0 heterocycles. The highest BCUT2D eigenvalue weighted by Crippen LogP contribution is 2.19. The summed E-state index contributed by atoms with van der Waals surface area (Å²) >= 11 is 0. The summed E-state index contributed by atoms with van der Waals surface area (Å²) in [6, 6.07) is 7.72. The Kier molecular flexibility index (Phi) is 5.43. The van der Waals surface area contributed by atoms with Crippen LogP contribution in [0.2, 0.25) is 0 Å². The lowest BCUT2D eigenvalue weighted by Crippen LogP contribution is -2.04. The van der Waals surface area contributed by atoms with Gasteiger partial charge < -0.3 is 9.84 Å². The standard InChI is InChI=1S/C15H20O3/c1-11(2)10-18-14-7-5-13(6-8-14)12(3)4-9-15(16)17/h4-8,11H,9-10H2,1-3H3,(H,16,17)/b12-4+. The second kappa shape index (κ2) is 6.84. The van der Waals surface area contributed by atoms with Crippen molar-refractivity contribution in [3.63, 3.8) is 0 Å². The molecule has 0 spiro atoms. The van der Waals surface area contributed by atoms with Crippen LogP contribution in [0.4, 0.5) is 0 Å². The minimum atomic E-state index is -0.814. The van der Waals surface area contributed by atoms with Crippen LogP contribution in [-0.2, 0) is 4.79 Å². The van der Waals surface area contributed by atoms with Crippen molar-refractivity contribution >= 4 is 11.5 Å². The summed E-state index contributed by atoms with van der Waals surface area (Å²) in [6.45, 7) is 6.82. The topological polar surface area (TPSA) is 46.5 Å². The van der Waals surface area contributed by atoms with Crippen molar-refractivity contribution in [3.05, 3.63) is 35.9 Å². The average Bonchev–Trinajstić information content (AvgIpc) is 2.34. The SMILES string of the molecule is C/C(=C\CC(=O)O)c1ccc(OCC(C)C)cc1. The molecule has 98 valence electrons.